The maximum absolute atomic E-state index is 9.14. The monoisotopic (exact) mass is 129 g/mol. The van der Waals surface area contributed by atoms with Crippen LogP contribution in [0.5, 0.6) is 0 Å². The Balaban J connectivity index is 2.95. The number of hydrogen-bond acceptors (Lipinski definition) is 1. The lowest BCUT2D eigenvalue weighted by atomic mass is 10.1. The normalized spacial score (nSPS) is 13.7. The molecule has 1 heteroatoms. The highest BCUT2D eigenvalue weighted by molar-refractivity contribution is 4.55. The van der Waals surface area contributed by atoms with Crippen molar-refractivity contribution >= 4 is 0 Å². The van der Waals surface area contributed by atoms with Gasteiger partial charge < -0.3 is 5.11 Å². The summed E-state index contributed by atoms with van der Waals surface area (Å²) in [5.74, 6) is 0. The van der Waals surface area contributed by atoms with E-state index >= 15 is 0 Å². The molecule has 0 aliphatic carbocycles. The molecule has 0 bridgehead atoms. The second kappa shape index (κ2) is 6.09. The third-order valence-corrected chi connectivity index (χ3v) is 1.43. The summed E-state index contributed by atoms with van der Waals surface area (Å²) in [7, 11) is 0. The van der Waals surface area contributed by atoms with E-state index in [1.165, 1.54) is 6.42 Å². The fraction of sp³-hybridized carbons (Fsp3) is 0.875. The molecule has 9 heavy (non-hydrogen) atoms. The van der Waals surface area contributed by atoms with Crippen molar-refractivity contribution in [2.24, 2.45) is 0 Å². The minimum atomic E-state index is -0.0950. The van der Waals surface area contributed by atoms with Gasteiger partial charge in [-0.15, -0.1) is 0 Å². The van der Waals surface area contributed by atoms with Gasteiger partial charge in [0, 0.05) is 0 Å². The molecule has 1 nitrogen and oxygen atoms in total. The van der Waals surface area contributed by atoms with E-state index in [1.54, 1.807) is 0 Å². The molecule has 0 saturated carbocycles. The summed E-state index contributed by atoms with van der Waals surface area (Å²) in [5.41, 5.74) is 0. The molecule has 0 spiro atoms. The highest BCUT2D eigenvalue weighted by atomic mass is 16.3. The molecule has 55 valence electrons. The molecule has 0 aliphatic heterocycles. The average molecular weight is 129 g/mol. The van der Waals surface area contributed by atoms with Gasteiger partial charge in [-0.1, -0.05) is 33.1 Å². The van der Waals surface area contributed by atoms with Gasteiger partial charge in [-0.25, -0.2) is 0 Å². The van der Waals surface area contributed by atoms with Gasteiger partial charge in [-0.05, 0) is 12.8 Å². The summed E-state index contributed by atoms with van der Waals surface area (Å²) in [5, 5.41) is 9.14. The summed E-state index contributed by atoms with van der Waals surface area (Å²) in [6.45, 7) is 5.81. The summed E-state index contributed by atoms with van der Waals surface area (Å²) >= 11 is 0. The van der Waals surface area contributed by atoms with E-state index in [1.807, 2.05) is 0 Å². The zero-order valence-electron chi connectivity index (χ0n) is 6.27. The van der Waals surface area contributed by atoms with Crippen molar-refractivity contribution < 1.29 is 5.11 Å². The highest BCUT2D eigenvalue weighted by Crippen LogP contribution is 2.04. The second-order valence-corrected chi connectivity index (χ2v) is 2.44. The summed E-state index contributed by atoms with van der Waals surface area (Å²) in [6, 6.07) is 0. The van der Waals surface area contributed by atoms with E-state index in [2.05, 4.69) is 13.8 Å². The van der Waals surface area contributed by atoms with E-state index < -0.39 is 0 Å². The molecule has 1 atom stereocenters. The predicted molar refractivity (Wildman–Crippen MR) is 40.1 cm³/mol. The minimum absolute atomic E-state index is 0.0950. The van der Waals surface area contributed by atoms with Crippen molar-refractivity contribution in [3.63, 3.8) is 0 Å². The Bertz CT molecular complexity index is 52.5. The van der Waals surface area contributed by atoms with E-state index in [4.69, 9.17) is 5.11 Å². The van der Waals surface area contributed by atoms with Gasteiger partial charge in [0.15, 0.2) is 0 Å². The van der Waals surface area contributed by atoms with Crippen LogP contribution in [0.4, 0.5) is 0 Å². The maximum Gasteiger partial charge on any atom is 0.0540 e. The topological polar surface area (TPSA) is 20.2 Å². The lowest BCUT2D eigenvalue weighted by Gasteiger charge is -2.06. The summed E-state index contributed by atoms with van der Waals surface area (Å²) in [4.78, 5) is 0. The van der Waals surface area contributed by atoms with Crippen molar-refractivity contribution in [3.8, 4) is 0 Å². The molecule has 0 heterocycles. The Morgan fingerprint density at radius 3 is 2.56 bits per heavy atom. The van der Waals surface area contributed by atoms with E-state index in [9.17, 15) is 0 Å². The van der Waals surface area contributed by atoms with Crippen LogP contribution in [0, 0.1) is 6.92 Å². The first-order valence-corrected chi connectivity index (χ1v) is 3.78. The number of hydrogen-bond donors (Lipinski definition) is 1. The summed E-state index contributed by atoms with van der Waals surface area (Å²) in [6.07, 6.45) is 4.88. The van der Waals surface area contributed by atoms with Crippen LogP contribution in [0.25, 0.3) is 0 Å². The van der Waals surface area contributed by atoms with Crippen molar-refractivity contribution in [1.29, 1.82) is 0 Å². The minimum Gasteiger partial charge on any atom is -0.393 e. The van der Waals surface area contributed by atoms with E-state index in [0.29, 0.717) is 0 Å². The largest absolute Gasteiger partial charge is 0.393 e. The Hall–Kier alpha value is -0.0400. The average Bonchev–Trinajstić information content (AvgIpc) is 1.85. The molecule has 1 N–H and O–H groups in total. The highest BCUT2D eigenvalue weighted by Gasteiger charge is 1.99. The molecular weight excluding hydrogens is 112 g/mol. The van der Waals surface area contributed by atoms with Gasteiger partial charge in [0.05, 0.1) is 6.10 Å². The molecule has 0 aromatic rings. The molecule has 1 radical (unpaired) electrons. The van der Waals surface area contributed by atoms with Crippen LogP contribution in [0.3, 0.4) is 0 Å². The van der Waals surface area contributed by atoms with Gasteiger partial charge >= 0.3 is 0 Å². The zero-order chi connectivity index (χ0) is 7.11. The molecule has 0 aliphatic rings. The lowest BCUT2D eigenvalue weighted by Crippen LogP contribution is -2.04. The van der Waals surface area contributed by atoms with Gasteiger partial charge in [-0.2, -0.15) is 0 Å². The van der Waals surface area contributed by atoms with E-state index in [0.717, 1.165) is 25.7 Å². The van der Waals surface area contributed by atoms with Crippen molar-refractivity contribution in [3.05, 3.63) is 6.92 Å². The molecule has 0 amide bonds. The molecular formula is C8H17O. The summed E-state index contributed by atoms with van der Waals surface area (Å²) < 4.78 is 0. The van der Waals surface area contributed by atoms with Gasteiger partial charge in [0.1, 0.15) is 0 Å². The van der Waals surface area contributed by atoms with Gasteiger partial charge in [-0.3, -0.25) is 0 Å². The van der Waals surface area contributed by atoms with Crippen LogP contribution >= 0.6 is 0 Å². The second-order valence-electron chi connectivity index (χ2n) is 2.44. The Kier molecular flexibility index (Phi) is 6.06. The van der Waals surface area contributed by atoms with Gasteiger partial charge in [0.2, 0.25) is 0 Å². The van der Waals surface area contributed by atoms with E-state index in [-0.39, 0.29) is 6.10 Å². The number of aliphatic hydroxyl groups is 1. The quantitative estimate of drug-likeness (QED) is 0.603. The molecule has 0 unspecified atom stereocenters. The Morgan fingerprint density at radius 2 is 2.11 bits per heavy atom. The van der Waals surface area contributed by atoms with Crippen LogP contribution < -0.4 is 0 Å². The third kappa shape index (κ3) is 5.84. The van der Waals surface area contributed by atoms with Gasteiger partial charge in [0.25, 0.3) is 0 Å². The van der Waals surface area contributed by atoms with Crippen LogP contribution in [0.1, 0.15) is 39.0 Å². The van der Waals surface area contributed by atoms with Crippen LogP contribution in [-0.2, 0) is 0 Å². The molecule has 0 rings (SSSR count). The number of unbranched alkanes of at least 4 members (excludes halogenated alkanes) is 1. The lowest BCUT2D eigenvalue weighted by molar-refractivity contribution is 0.152. The third-order valence-electron chi connectivity index (χ3n) is 1.43. The van der Waals surface area contributed by atoms with Crippen molar-refractivity contribution in [2.75, 3.05) is 0 Å². The maximum atomic E-state index is 9.14. The number of aliphatic hydroxyl groups excluding tert-OH is 1. The van der Waals surface area contributed by atoms with Crippen molar-refractivity contribution in [2.45, 2.75) is 45.1 Å². The Labute approximate surface area is 58.1 Å². The molecule has 0 saturated heterocycles. The predicted octanol–water partition coefficient (Wildman–Crippen LogP) is 2.15. The fourth-order valence-electron chi connectivity index (χ4n) is 0.820. The molecule has 0 fully saturated rings. The Morgan fingerprint density at radius 1 is 1.44 bits per heavy atom. The first-order chi connectivity index (χ1) is 4.31. The standard InChI is InChI=1S/C8H17O/c1-3-5-7-8(9)6-4-2/h8-9H,2-7H2,1H3/t8-/m0/s1. The van der Waals surface area contributed by atoms with Crippen LogP contribution in [0.2, 0.25) is 0 Å². The molecule has 0 aromatic heterocycles. The first-order valence-electron chi connectivity index (χ1n) is 3.78. The SMILES string of the molecule is [CH2]CC[C@H](O)CCCC. The van der Waals surface area contributed by atoms with Crippen molar-refractivity contribution in [1.82, 2.24) is 0 Å². The zero-order valence-corrected chi connectivity index (χ0v) is 6.27. The fourth-order valence-corrected chi connectivity index (χ4v) is 0.820. The smallest absolute Gasteiger partial charge is 0.0540 e. The number of rotatable bonds is 5. The van der Waals surface area contributed by atoms with Crippen LogP contribution in [-0.4, -0.2) is 11.2 Å². The first kappa shape index (κ1) is 8.96. The molecule has 0 aromatic carbocycles. The van der Waals surface area contributed by atoms with Crippen LogP contribution in [0.15, 0.2) is 0 Å².